The van der Waals surface area contributed by atoms with Gasteiger partial charge in [-0.3, -0.25) is 9.69 Å². The van der Waals surface area contributed by atoms with Crippen LogP contribution in [0.5, 0.6) is 11.5 Å². The Bertz CT molecular complexity index is 1210. The predicted molar refractivity (Wildman–Crippen MR) is 136 cm³/mol. The molecule has 1 aromatic carbocycles. The summed E-state index contributed by atoms with van der Waals surface area (Å²) in [6.45, 7) is 1.96. The second kappa shape index (κ2) is 8.27. The molecule has 192 valence electrons. The molecule has 7 rings (SSSR count). The van der Waals surface area contributed by atoms with Crippen molar-refractivity contribution in [2.45, 2.75) is 67.7 Å². The number of benzene rings is 1. The zero-order chi connectivity index (χ0) is 23.9. The van der Waals surface area contributed by atoms with Crippen LogP contribution in [-0.4, -0.2) is 69.8 Å². The highest BCUT2D eigenvalue weighted by molar-refractivity contribution is 5.92. The van der Waals surface area contributed by atoms with E-state index in [0.717, 1.165) is 43.0 Å². The number of aromatic hydroxyl groups is 1. The number of furan rings is 1. The molecule has 0 unspecified atom stereocenters. The number of amides is 1. The highest BCUT2D eigenvalue weighted by Gasteiger charge is 2.73. The third-order valence-electron chi connectivity index (χ3n) is 9.54. The smallest absolute Gasteiger partial charge is 0.246 e. The number of ether oxygens (including phenoxy) is 1. The number of nitrogens with zero attached hydrogens (tertiary/aromatic N) is 2. The summed E-state index contributed by atoms with van der Waals surface area (Å²) in [5.74, 6) is 1.28. The summed E-state index contributed by atoms with van der Waals surface area (Å²) in [5, 5.41) is 23.3. The molecule has 1 spiro atoms. The van der Waals surface area contributed by atoms with Crippen LogP contribution in [0.4, 0.5) is 0 Å². The molecule has 2 saturated carbocycles. The number of phenolic OH excluding ortho intramolecular Hbond substituents is 1. The van der Waals surface area contributed by atoms with Gasteiger partial charge in [0.05, 0.1) is 29.6 Å². The zero-order valence-corrected chi connectivity index (χ0v) is 21.2. The van der Waals surface area contributed by atoms with E-state index < -0.39 is 17.1 Å². The van der Waals surface area contributed by atoms with Gasteiger partial charge < -0.3 is 24.3 Å². The summed E-state index contributed by atoms with van der Waals surface area (Å²) in [6.07, 6.45) is 11.5. The van der Waals surface area contributed by atoms with Crippen molar-refractivity contribution in [2.75, 3.05) is 20.1 Å². The van der Waals surface area contributed by atoms with E-state index in [4.69, 9.17) is 9.15 Å². The number of aliphatic hydroxyl groups is 1. The molecule has 3 aliphatic carbocycles. The second-order valence-corrected chi connectivity index (χ2v) is 11.2. The summed E-state index contributed by atoms with van der Waals surface area (Å²) >= 11 is 0. The molecule has 36 heavy (non-hydrogen) atoms. The minimum absolute atomic E-state index is 0. The number of rotatable bonds is 5. The van der Waals surface area contributed by atoms with Gasteiger partial charge in [-0.25, -0.2) is 0 Å². The van der Waals surface area contributed by atoms with Gasteiger partial charge in [0, 0.05) is 36.8 Å². The van der Waals surface area contributed by atoms with Crippen molar-refractivity contribution in [1.82, 2.24) is 9.80 Å². The molecular weight excluding hydrogens is 480 g/mol. The van der Waals surface area contributed by atoms with Crippen molar-refractivity contribution >= 4 is 24.4 Å². The minimum atomic E-state index is -0.941. The monoisotopic (exact) mass is 512 g/mol. The number of hydrogen-bond acceptors (Lipinski definition) is 6. The van der Waals surface area contributed by atoms with E-state index in [1.54, 1.807) is 35.6 Å². The first-order valence-electron chi connectivity index (χ1n) is 12.9. The van der Waals surface area contributed by atoms with Crippen molar-refractivity contribution in [3.05, 3.63) is 53.5 Å². The number of phenols is 1. The maximum atomic E-state index is 13.2. The third-order valence-corrected chi connectivity index (χ3v) is 9.54. The number of carbonyl (C=O) groups excluding carboxylic acids is 1. The molecule has 0 radical (unpaired) electrons. The second-order valence-electron chi connectivity index (χ2n) is 11.2. The Kier molecular flexibility index (Phi) is 5.49. The summed E-state index contributed by atoms with van der Waals surface area (Å²) in [6, 6.07) is 5.38. The maximum absolute atomic E-state index is 13.2. The van der Waals surface area contributed by atoms with Crippen LogP contribution in [0.15, 0.2) is 41.2 Å². The lowest BCUT2D eigenvalue weighted by Crippen LogP contribution is -2.78. The van der Waals surface area contributed by atoms with Crippen molar-refractivity contribution < 1.29 is 24.2 Å². The van der Waals surface area contributed by atoms with Gasteiger partial charge in [0.1, 0.15) is 6.10 Å². The van der Waals surface area contributed by atoms with Crippen LogP contribution in [0, 0.1) is 5.92 Å². The number of carbonyl (C=O) groups is 1. The van der Waals surface area contributed by atoms with Crippen molar-refractivity contribution in [2.24, 2.45) is 5.92 Å². The number of likely N-dealkylation sites (N-methyl/N-ethyl adjacent to an activating group) is 1. The summed E-state index contributed by atoms with van der Waals surface area (Å²) in [7, 11) is 1.82. The van der Waals surface area contributed by atoms with E-state index >= 15 is 0 Å². The Morgan fingerprint density at radius 1 is 1.25 bits per heavy atom. The number of piperidine rings is 1. The molecule has 2 bridgehead atoms. The van der Waals surface area contributed by atoms with Gasteiger partial charge in [-0.05, 0) is 74.8 Å². The van der Waals surface area contributed by atoms with Gasteiger partial charge in [-0.15, -0.1) is 12.4 Å². The Labute approximate surface area is 217 Å². The molecule has 2 N–H and O–H groups in total. The molecule has 5 aliphatic rings. The standard InChI is InChI=1S/C28H32N2O5.ClH/c1-29(23(32)7-4-18-9-13-34-16-18)20-8-10-28(33)22-14-19-5-6-21(31)25-24(19)27(28,26(20)35-25)11-12-30(22)15-17-2-3-17;/h4-7,9,13,16-17,20,22,26,31,33H,2-3,8,10-12,14-15H2,1H3;1H/b7-4+;/t20-,22+,26-,27-,28+;/m0./s1. The molecule has 1 saturated heterocycles. The third kappa shape index (κ3) is 3.15. The van der Waals surface area contributed by atoms with Crippen LogP contribution in [0.25, 0.3) is 6.08 Å². The molecule has 2 aliphatic heterocycles. The fraction of sp³-hybridized carbons (Fsp3) is 0.536. The lowest BCUT2D eigenvalue weighted by Gasteiger charge is -2.64. The molecule has 3 fully saturated rings. The fourth-order valence-electron chi connectivity index (χ4n) is 7.67. The molecule has 2 aromatic rings. The lowest BCUT2D eigenvalue weighted by molar-refractivity contribution is -0.200. The van der Waals surface area contributed by atoms with E-state index in [9.17, 15) is 15.0 Å². The van der Waals surface area contributed by atoms with Crippen LogP contribution in [-0.2, 0) is 16.6 Å². The Morgan fingerprint density at radius 3 is 2.83 bits per heavy atom. The lowest BCUT2D eigenvalue weighted by atomic mass is 9.48. The fourth-order valence-corrected chi connectivity index (χ4v) is 7.67. The molecular formula is C28H33ClN2O5. The van der Waals surface area contributed by atoms with E-state index in [1.165, 1.54) is 18.4 Å². The summed E-state index contributed by atoms with van der Waals surface area (Å²) < 4.78 is 11.7. The SMILES string of the molecule is CN(C(=O)/C=C/c1ccoc1)[C@H]1CC[C@@]2(O)[C@H]3Cc4ccc(O)c5c4[C@@]2(CCN3CC2CC2)[C@H]1O5.Cl. The highest BCUT2D eigenvalue weighted by atomic mass is 35.5. The molecule has 7 nitrogen and oxygen atoms in total. The van der Waals surface area contributed by atoms with Crippen LogP contribution in [0.2, 0.25) is 0 Å². The summed E-state index contributed by atoms with van der Waals surface area (Å²) in [4.78, 5) is 17.5. The Hall–Kier alpha value is -2.48. The van der Waals surface area contributed by atoms with Crippen LogP contribution < -0.4 is 4.74 Å². The quantitative estimate of drug-likeness (QED) is 0.596. The Morgan fingerprint density at radius 2 is 2.08 bits per heavy atom. The van der Waals surface area contributed by atoms with Gasteiger partial charge in [0.15, 0.2) is 11.5 Å². The number of halogens is 1. The topological polar surface area (TPSA) is 86.4 Å². The number of likely N-dealkylation sites (tertiary alicyclic amines) is 1. The van der Waals surface area contributed by atoms with Gasteiger partial charge >= 0.3 is 0 Å². The van der Waals surface area contributed by atoms with Gasteiger partial charge in [-0.2, -0.15) is 0 Å². The first kappa shape index (κ1) is 23.9. The first-order valence-corrected chi connectivity index (χ1v) is 12.9. The van der Waals surface area contributed by atoms with Gasteiger partial charge in [0.2, 0.25) is 5.91 Å². The zero-order valence-electron chi connectivity index (χ0n) is 20.4. The van der Waals surface area contributed by atoms with E-state index in [-0.39, 0.29) is 36.1 Å². The average molecular weight is 513 g/mol. The van der Waals surface area contributed by atoms with Crippen molar-refractivity contribution in [3.8, 4) is 11.5 Å². The highest BCUT2D eigenvalue weighted by Crippen LogP contribution is 2.66. The first-order chi connectivity index (χ1) is 16.9. The largest absolute Gasteiger partial charge is 0.504 e. The molecule has 1 amide bonds. The van der Waals surface area contributed by atoms with E-state index in [0.29, 0.717) is 18.6 Å². The minimum Gasteiger partial charge on any atom is -0.504 e. The van der Waals surface area contributed by atoms with Crippen molar-refractivity contribution in [1.29, 1.82) is 0 Å². The van der Waals surface area contributed by atoms with Gasteiger partial charge in [0.25, 0.3) is 0 Å². The van der Waals surface area contributed by atoms with E-state index in [1.807, 2.05) is 19.2 Å². The average Bonchev–Trinajstić information content (AvgIpc) is 3.36. The Balaban J connectivity index is 0.00000240. The molecule has 8 heteroatoms. The molecule has 3 heterocycles. The van der Waals surface area contributed by atoms with E-state index in [2.05, 4.69) is 4.90 Å². The summed E-state index contributed by atoms with van der Waals surface area (Å²) in [5.41, 5.74) is 1.44. The van der Waals surface area contributed by atoms with Crippen LogP contribution >= 0.6 is 12.4 Å². The number of hydrogen-bond donors (Lipinski definition) is 2. The molecule has 1 aromatic heterocycles. The van der Waals surface area contributed by atoms with Gasteiger partial charge in [-0.1, -0.05) is 6.07 Å². The predicted octanol–water partition coefficient (Wildman–Crippen LogP) is 3.51. The maximum Gasteiger partial charge on any atom is 0.246 e. The molecule has 5 atom stereocenters. The van der Waals surface area contributed by atoms with Crippen LogP contribution in [0.1, 0.15) is 48.8 Å². The van der Waals surface area contributed by atoms with Crippen LogP contribution in [0.3, 0.4) is 0 Å². The normalized spacial score (nSPS) is 34.1. The van der Waals surface area contributed by atoms with Crippen molar-refractivity contribution in [3.63, 3.8) is 0 Å².